The van der Waals surface area contributed by atoms with Gasteiger partial charge in [-0.15, -0.1) is 0 Å². The van der Waals surface area contributed by atoms with Gasteiger partial charge < -0.3 is 4.74 Å². The van der Waals surface area contributed by atoms with Crippen molar-refractivity contribution >= 4 is 33.8 Å². The van der Waals surface area contributed by atoms with E-state index in [1.54, 1.807) is 23.2 Å². The second-order valence-corrected chi connectivity index (χ2v) is 16.0. The highest BCUT2D eigenvalue weighted by molar-refractivity contribution is 7.20. The van der Waals surface area contributed by atoms with Crippen molar-refractivity contribution in [2.24, 2.45) is 0 Å². The number of rotatable bonds is 9. The minimum absolute atomic E-state index is 0.0641. The molecule has 1 heterocycles. The molecule has 0 atom stereocenters. The number of ketones is 1. The van der Waals surface area contributed by atoms with Crippen LogP contribution in [0.3, 0.4) is 0 Å². The summed E-state index contributed by atoms with van der Waals surface area (Å²) in [4.78, 5) is 16.1. The Hall–Kier alpha value is -6.97. The second-order valence-electron chi connectivity index (χ2n) is 16.0. The highest BCUT2D eigenvalue weighted by Crippen LogP contribution is 2.41. The lowest BCUT2D eigenvalue weighted by Gasteiger charge is -2.46. The molecule has 29 heteroatoms. The third-order valence-electron chi connectivity index (χ3n) is 10.9. The van der Waals surface area contributed by atoms with E-state index in [2.05, 4.69) is 4.98 Å². The van der Waals surface area contributed by atoms with Crippen LogP contribution in [0.25, 0.3) is 0 Å². The van der Waals surface area contributed by atoms with Crippen LogP contribution in [-0.2, 0) is 56.0 Å². The van der Waals surface area contributed by atoms with Crippen LogP contribution < -0.4 is 31.2 Å². The number of hydrogen-bond acceptors (Lipinski definition) is 3. The summed E-state index contributed by atoms with van der Waals surface area (Å²) in [5.41, 5.74) is -29.5. The summed E-state index contributed by atoms with van der Waals surface area (Å²) in [6.45, 7) is 2.74. The van der Waals surface area contributed by atoms with Crippen LogP contribution in [0, 0.1) is 0 Å². The second kappa shape index (κ2) is 20.6. The van der Waals surface area contributed by atoms with Gasteiger partial charge in [-0.2, -0.15) is 132 Å². The number of halogens is 24. The molecule has 6 rings (SSSR count). The maximum atomic E-state index is 14.2. The van der Waals surface area contributed by atoms with Crippen LogP contribution in [0.1, 0.15) is 61.8 Å². The average Bonchev–Trinajstić information content (AvgIpc) is 3.27. The topological polar surface area (TPSA) is 43.1 Å². The van der Waals surface area contributed by atoms with Crippen LogP contribution in [-0.4, -0.2) is 23.5 Å². The van der Waals surface area contributed by atoms with Crippen molar-refractivity contribution in [3.05, 3.63) is 172 Å². The zero-order chi connectivity index (χ0) is 56.7. The number of ether oxygens (including phenoxy) is 1. The number of aromatic nitrogens is 2. The van der Waals surface area contributed by atoms with E-state index >= 15 is 0 Å². The highest BCUT2D eigenvalue weighted by Gasteiger charge is 2.47. The minimum atomic E-state index is -6.13. The van der Waals surface area contributed by atoms with E-state index < -0.39 is 195 Å². The molecule has 404 valence electrons. The van der Waals surface area contributed by atoms with Crippen LogP contribution >= 0.6 is 0 Å². The van der Waals surface area contributed by atoms with Gasteiger partial charge in [0.1, 0.15) is 6.15 Å². The maximum absolute atomic E-state index is 14.2. The van der Waals surface area contributed by atoms with Gasteiger partial charge in [0.05, 0.1) is 57.3 Å². The lowest BCUT2D eigenvalue weighted by molar-refractivity contribution is -0.684. The fourth-order valence-corrected chi connectivity index (χ4v) is 7.68. The van der Waals surface area contributed by atoms with Gasteiger partial charge in [-0.05, 0) is 31.2 Å². The van der Waals surface area contributed by atoms with E-state index in [1.807, 2.05) is 37.3 Å². The van der Waals surface area contributed by atoms with Gasteiger partial charge in [-0.1, -0.05) is 78.9 Å². The molecule has 0 spiro atoms. The van der Waals surface area contributed by atoms with E-state index in [1.165, 1.54) is 0 Å². The number of alkyl halides is 24. The lowest BCUT2D eigenvalue weighted by atomic mass is 9.12. The number of Topliss-reactive ketones (excluding diaryl/α,β-unsaturated/α-hetero) is 1. The van der Waals surface area contributed by atoms with Gasteiger partial charge in [-0.3, -0.25) is 4.79 Å². The largest absolute Gasteiger partial charge is 0.474 e. The van der Waals surface area contributed by atoms with Gasteiger partial charge in [0.25, 0.3) is 5.88 Å². The van der Waals surface area contributed by atoms with E-state index in [4.69, 9.17) is 4.74 Å². The van der Waals surface area contributed by atoms with Crippen molar-refractivity contribution in [1.29, 1.82) is 0 Å². The Labute approximate surface area is 405 Å². The number of hydrogen-bond donors (Lipinski definition) is 0. The lowest BCUT2D eigenvalue weighted by Crippen LogP contribution is -2.75. The summed E-state index contributed by atoms with van der Waals surface area (Å²) < 4.78 is 348. The Morgan fingerprint density at radius 1 is 0.440 bits per heavy atom. The summed E-state index contributed by atoms with van der Waals surface area (Å²) in [6, 6.07) is 0.423. The van der Waals surface area contributed by atoms with Crippen molar-refractivity contribution in [1.82, 2.24) is 4.98 Å². The quantitative estimate of drug-likeness (QED) is 0.0627. The molecule has 0 aliphatic heterocycles. The van der Waals surface area contributed by atoms with Crippen molar-refractivity contribution < 1.29 is 119 Å². The van der Waals surface area contributed by atoms with Gasteiger partial charge in [0.15, 0.2) is 6.20 Å². The van der Waals surface area contributed by atoms with E-state index in [-0.39, 0.29) is 12.3 Å². The Bertz CT molecular complexity index is 2570. The molecule has 0 bridgehead atoms. The van der Waals surface area contributed by atoms with Crippen molar-refractivity contribution in [2.75, 3.05) is 6.61 Å². The number of nitrogens with zero attached hydrogens (tertiary/aromatic N) is 2. The third kappa shape index (κ3) is 14.1. The molecule has 1 aromatic heterocycles. The van der Waals surface area contributed by atoms with Gasteiger partial charge in [-0.25, -0.2) is 4.98 Å². The molecular weight excluding hydrogens is 1080 g/mol. The average molecular weight is 1110 g/mol. The fraction of sp³-hybridized carbons (Fsp3) is 0.239. The minimum Gasteiger partial charge on any atom is -0.474 e. The fourth-order valence-electron chi connectivity index (χ4n) is 7.68. The smallest absolute Gasteiger partial charge is 0.416 e. The Morgan fingerprint density at radius 2 is 0.707 bits per heavy atom. The zero-order valence-electron chi connectivity index (χ0n) is 36.8. The SMILES string of the molecule is CCOc1c[n+](CC(=O)c2ccccc2)ccn1.FC(F)(F)c1cc([B-](c2cc(C(F)(F)F)cc(C(F)(F)F)c2)(c2cc(C(F)(F)F)cc(C(F)(F)F)c2)c2cc(C(F)(F)F)cc(C(F)(F)F)c2)cc(C(F)(F)F)c1. The molecule has 0 N–H and O–H groups in total. The van der Waals surface area contributed by atoms with Gasteiger partial charge in [0.2, 0.25) is 18.5 Å². The Balaban J connectivity index is 0.000000483. The number of carbonyl (C=O) groups is 1. The molecule has 0 amide bonds. The molecule has 75 heavy (non-hydrogen) atoms. The Kier molecular flexibility index (Phi) is 16.2. The molecule has 0 aliphatic carbocycles. The normalized spacial score (nSPS) is 13.3. The van der Waals surface area contributed by atoms with Crippen molar-refractivity contribution in [2.45, 2.75) is 62.9 Å². The van der Waals surface area contributed by atoms with Crippen LogP contribution in [0.15, 0.2) is 122 Å². The van der Waals surface area contributed by atoms with Crippen molar-refractivity contribution in [3.8, 4) is 5.88 Å². The third-order valence-corrected chi connectivity index (χ3v) is 10.9. The predicted octanol–water partition coefficient (Wildman–Crippen LogP) is 12.9. The Morgan fingerprint density at radius 3 is 0.947 bits per heavy atom. The molecule has 0 unspecified atom stereocenters. The molecular formula is C46H27BF24N2O2. The standard InChI is InChI=1S/C32H12BF24.C14H15N2O2/c34-25(35,36)13-1-14(26(37,38)39)6-21(5-13)33(22-7-15(27(40,41)42)2-16(8-22)28(43,44)45,23-9-17(29(46,47)48)3-18(10-23)30(49,50)51)24-11-19(31(52,53)54)4-20(12-24)32(55,56)57;1-2-18-14-11-16(9-8-15-14)10-13(17)12-6-4-3-5-7-12/h1-12H;3-9,11H,2,10H2,1H3/q-1;+1. The summed E-state index contributed by atoms with van der Waals surface area (Å²) in [6.07, 6.45) is -49.7. The first-order valence-electron chi connectivity index (χ1n) is 20.5. The number of carbonyl (C=O) groups excluding carboxylic acids is 1. The summed E-state index contributed by atoms with van der Waals surface area (Å²) in [5.74, 6) is 0.593. The molecule has 0 saturated heterocycles. The molecule has 4 nitrogen and oxygen atoms in total. The summed E-state index contributed by atoms with van der Waals surface area (Å²) in [7, 11) is 0. The van der Waals surface area contributed by atoms with Crippen LogP contribution in [0.2, 0.25) is 0 Å². The first-order chi connectivity index (χ1) is 34.1. The molecule has 5 aromatic carbocycles. The first kappa shape index (κ1) is 58.9. The molecule has 0 radical (unpaired) electrons. The predicted molar refractivity (Wildman–Crippen MR) is 216 cm³/mol. The zero-order valence-corrected chi connectivity index (χ0v) is 36.8. The first-order valence-corrected chi connectivity index (χ1v) is 20.5. The van der Waals surface area contributed by atoms with Crippen LogP contribution in [0.5, 0.6) is 5.88 Å². The molecule has 0 aliphatic rings. The van der Waals surface area contributed by atoms with Gasteiger partial charge >= 0.3 is 49.4 Å². The number of benzene rings is 5. The van der Waals surface area contributed by atoms with E-state index in [0.717, 1.165) is 0 Å². The highest BCUT2D eigenvalue weighted by atomic mass is 19.4. The van der Waals surface area contributed by atoms with Crippen molar-refractivity contribution in [3.63, 3.8) is 0 Å². The van der Waals surface area contributed by atoms with E-state index in [0.29, 0.717) is 18.1 Å². The van der Waals surface area contributed by atoms with E-state index in [9.17, 15) is 110 Å². The molecule has 0 fully saturated rings. The molecule has 6 aromatic rings. The monoisotopic (exact) mass is 1110 g/mol. The maximum Gasteiger partial charge on any atom is 0.416 e. The summed E-state index contributed by atoms with van der Waals surface area (Å²) in [5, 5.41) is 0. The summed E-state index contributed by atoms with van der Waals surface area (Å²) >= 11 is 0. The molecule has 0 saturated carbocycles. The van der Waals surface area contributed by atoms with Crippen LogP contribution in [0.4, 0.5) is 105 Å². The van der Waals surface area contributed by atoms with Gasteiger partial charge in [0, 0.05) is 5.56 Å².